The summed E-state index contributed by atoms with van der Waals surface area (Å²) in [6.07, 6.45) is -0.0623. The number of halogens is 2. The Bertz CT molecular complexity index is 171. The molecule has 0 fully saturated rings. The first-order valence-electron chi connectivity index (χ1n) is 3.49. The van der Waals surface area contributed by atoms with Gasteiger partial charge in [0, 0.05) is 0 Å². The van der Waals surface area contributed by atoms with E-state index in [1.54, 1.807) is 6.08 Å². The maximum atomic E-state index is 9.30. The second kappa shape index (κ2) is 9.00. The summed E-state index contributed by atoms with van der Waals surface area (Å²) < 4.78 is 9.30. The molecule has 0 aromatic rings. The van der Waals surface area contributed by atoms with Gasteiger partial charge in [-0.3, -0.25) is 4.57 Å². The number of hydrogen-bond acceptors (Lipinski definition) is 3. The number of hydrogen-bond donors (Lipinski definition) is 3. The lowest BCUT2D eigenvalue weighted by molar-refractivity contribution is 0.131. The second-order valence-electron chi connectivity index (χ2n) is 2.02. The molecule has 0 aliphatic rings. The van der Waals surface area contributed by atoms with Gasteiger partial charge in [-0.05, 0) is 28.9 Å². The summed E-state index contributed by atoms with van der Waals surface area (Å²) in [6, 6.07) is 0. The first-order chi connectivity index (χ1) is 5.81. The van der Waals surface area contributed by atoms with Crippen LogP contribution in [-0.2, 0) is 4.57 Å². The molecule has 0 rings (SSSR count). The van der Waals surface area contributed by atoms with Gasteiger partial charge in [-0.1, -0.05) is 19.1 Å². The number of allylic oxidation sites excluding steroid dienone is 1. The van der Waals surface area contributed by atoms with Crippen molar-refractivity contribution in [2.75, 3.05) is 6.61 Å². The van der Waals surface area contributed by atoms with E-state index in [1.165, 1.54) is 0 Å². The van der Waals surface area contributed by atoms with E-state index in [2.05, 4.69) is 22.5 Å². The van der Waals surface area contributed by atoms with Crippen LogP contribution in [0.25, 0.3) is 0 Å². The number of aliphatic hydroxyl groups excluding tert-OH is 2. The lowest BCUT2D eigenvalue weighted by atomic mass is 10.3. The van der Waals surface area contributed by atoms with E-state index in [9.17, 15) is 4.57 Å². The van der Waals surface area contributed by atoms with Crippen LogP contribution in [0, 0.1) is 0 Å². The van der Waals surface area contributed by atoms with Crippen LogP contribution in [0.2, 0.25) is 0 Å². The number of aliphatic hydroxyl groups is 2. The van der Waals surface area contributed by atoms with Crippen LogP contribution in [0.15, 0.2) is 12.2 Å². The Labute approximate surface area is 86.8 Å². The van der Waals surface area contributed by atoms with Crippen molar-refractivity contribution in [1.82, 2.24) is 0 Å². The molecule has 1 unspecified atom stereocenters. The molecule has 0 bridgehead atoms. The van der Waals surface area contributed by atoms with Crippen LogP contribution in [0.3, 0.4) is 0 Å². The van der Waals surface area contributed by atoms with Crippen molar-refractivity contribution in [3.8, 4) is 0 Å². The van der Waals surface area contributed by atoms with E-state index in [-0.39, 0.29) is 6.61 Å². The lowest BCUT2D eigenvalue weighted by Crippen LogP contribution is -2.06. The Hall–Kier alpha value is 0.430. The average Bonchev–Trinajstić information content (AvgIpc) is 1.97. The quantitative estimate of drug-likeness (QED) is 0.528. The molecule has 0 aromatic heterocycles. The Morgan fingerprint density at radius 2 is 1.92 bits per heavy atom. The molecule has 0 spiro atoms. The molecule has 0 aliphatic heterocycles. The van der Waals surface area contributed by atoms with E-state index in [0.29, 0.717) is 0 Å². The molecular weight excluding hydrogens is 238 g/mol. The second-order valence-corrected chi connectivity index (χ2v) is 6.16. The predicted octanol–water partition coefficient (Wildman–Crippen LogP) is 1.87. The van der Waals surface area contributed by atoms with Gasteiger partial charge < -0.3 is 15.1 Å². The molecule has 0 saturated carbocycles. The minimum atomic E-state index is -3.69. The molecule has 0 aliphatic carbocycles. The highest BCUT2D eigenvalue weighted by molar-refractivity contribution is 8.04. The standard InChI is InChI=1S/C6H12O2.Cl2HO2P/c1-2-3-4-6(8)5-7;1-5(2,3)4/h3-4,6-8H,2,5H2,1H3;(H,3,4). The minimum absolute atomic E-state index is 0.184. The molecule has 13 heavy (non-hydrogen) atoms. The van der Waals surface area contributed by atoms with Gasteiger partial charge in [0.05, 0.1) is 12.7 Å². The Morgan fingerprint density at radius 3 is 2.15 bits per heavy atom. The predicted molar refractivity (Wildman–Crippen MR) is 54.1 cm³/mol. The zero-order chi connectivity index (χ0) is 10.9. The van der Waals surface area contributed by atoms with E-state index in [1.807, 2.05) is 13.0 Å². The summed E-state index contributed by atoms with van der Waals surface area (Å²) in [7, 11) is 0. The van der Waals surface area contributed by atoms with Crippen LogP contribution in [0.5, 0.6) is 0 Å². The van der Waals surface area contributed by atoms with Crippen LogP contribution in [0.1, 0.15) is 13.3 Å². The largest absolute Gasteiger partial charge is 0.393 e. The van der Waals surface area contributed by atoms with E-state index < -0.39 is 12.2 Å². The third-order valence-corrected chi connectivity index (χ3v) is 0.781. The molecule has 4 nitrogen and oxygen atoms in total. The highest BCUT2D eigenvalue weighted by Crippen LogP contribution is 2.51. The van der Waals surface area contributed by atoms with Gasteiger partial charge in [-0.2, -0.15) is 0 Å². The van der Waals surface area contributed by atoms with Gasteiger partial charge in [-0.25, -0.2) is 0 Å². The minimum Gasteiger partial charge on any atom is -0.393 e. The van der Waals surface area contributed by atoms with Gasteiger partial charge in [0.15, 0.2) is 0 Å². The van der Waals surface area contributed by atoms with Crippen molar-refractivity contribution in [1.29, 1.82) is 0 Å². The van der Waals surface area contributed by atoms with Crippen LogP contribution < -0.4 is 0 Å². The average molecular weight is 251 g/mol. The van der Waals surface area contributed by atoms with Crippen molar-refractivity contribution in [2.24, 2.45) is 0 Å². The molecule has 0 radical (unpaired) electrons. The van der Waals surface area contributed by atoms with Gasteiger partial charge in [-0.15, -0.1) is 0 Å². The van der Waals surface area contributed by atoms with Crippen molar-refractivity contribution in [3.63, 3.8) is 0 Å². The summed E-state index contributed by atoms with van der Waals surface area (Å²) in [5.41, 5.74) is 0. The molecule has 3 N–H and O–H groups in total. The maximum Gasteiger partial charge on any atom is 0.377 e. The van der Waals surface area contributed by atoms with Crippen molar-refractivity contribution >= 4 is 28.6 Å². The number of rotatable bonds is 3. The van der Waals surface area contributed by atoms with Gasteiger partial charge in [0.25, 0.3) is 0 Å². The first kappa shape index (κ1) is 15.9. The monoisotopic (exact) mass is 250 g/mol. The fourth-order valence-electron chi connectivity index (χ4n) is 0.354. The summed E-state index contributed by atoms with van der Waals surface area (Å²) in [5.74, 6) is 0. The van der Waals surface area contributed by atoms with Crippen LogP contribution in [0.4, 0.5) is 0 Å². The van der Waals surface area contributed by atoms with Gasteiger partial charge >= 0.3 is 6.07 Å². The molecule has 0 saturated heterocycles. The van der Waals surface area contributed by atoms with Gasteiger partial charge in [0.2, 0.25) is 0 Å². The van der Waals surface area contributed by atoms with Gasteiger partial charge in [0.1, 0.15) is 0 Å². The van der Waals surface area contributed by atoms with E-state index >= 15 is 0 Å². The Kier molecular flexibility index (Phi) is 11.0. The fourth-order valence-corrected chi connectivity index (χ4v) is 0.354. The smallest absolute Gasteiger partial charge is 0.377 e. The van der Waals surface area contributed by atoms with E-state index in [4.69, 9.17) is 15.1 Å². The highest BCUT2D eigenvalue weighted by Gasteiger charge is 2.02. The third kappa shape index (κ3) is 32.7. The zero-order valence-electron chi connectivity index (χ0n) is 7.10. The van der Waals surface area contributed by atoms with Crippen LogP contribution >= 0.6 is 28.6 Å². The molecular formula is C6H13Cl2O4P. The van der Waals surface area contributed by atoms with Crippen molar-refractivity contribution in [2.45, 2.75) is 19.4 Å². The Balaban J connectivity index is 0. The molecule has 80 valence electrons. The SMILES string of the molecule is CCC=CC(O)CO.O=P(O)(Cl)Cl. The lowest BCUT2D eigenvalue weighted by Gasteiger charge is -1.95. The van der Waals surface area contributed by atoms with Crippen molar-refractivity contribution < 1.29 is 19.7 Å². The highest BCUT2D eigenvalue weighted by atomic mass is 35.9. The molecule has 0 aromatic carbocycles. The van der Waals surface area contributed by atoms with E-state index in [0.717, 1.165) is 6.42 Å². The maximum absolute atomic E-state index is 9.30. The summed E-state index contributed by atoms with van der Waals surface area (Å²) in [6.45, 7) is 1.79. The summed E-state index contributed by atoms with van der Waals surface area (Å²) in [4.78, 5) is 7.61. The molecule has 7 heteroatoms. The molecule has 0 heterocycles. The van der Waals surface area contributed by atoms with Crippen molar-refractivity contribution in [3.05, 3.63) is 12.2 Å². The van der Waals surface area contributed by atoms with Crippen LogP contribution in [-0.4, -0.2) is 27.8 Å². The topological polar surface area (TPSA) is 77.8 Å². The normalized spacial score (nSPS) is 13.7. The molecule has 1 atom stereocenters. The fraction of sp³-hybridized carbons (Fsp3) is 0.667. The summed E-state index contributed by atoms with van der Waals surface area (Å²) in [5, 5.41) is 16.9. The Morgan fingerprint density at radius 1 is 1.54 bits per heavy atom. The first-order valence-corrected chi connectivity index (χ1v) is 6.95. The third-order valence-electron chi connectivity index (χ3n) is 0.781. The molecule has 0 amide bonds. The summed E-state index contributed by atoms with van der Waals surface area (Å²) >= 11 is 8.81. The zero-order valence-corrected chi connectivity index (χ0v) is 9.51.